The molecule has 1 atom stereocenters. The van der Waals surface area contributed by atoms with E-state index in [1.807, 2.05) is 25.1 Å². The van der Waals surface area contributed by atoms with Crippen molar-refractivity contribution >= 4 is 0 Å². The Labute approximate surface area is 121 Å². The molecule has 4 nitrogen and oxygen atoms in total. The second-order valence-electron chi connectivity index (χ2n) is 5.96. The molecule has 20 heavy (non-hydrogen) atoms. The van der Waals surface area contributed by atoms with E-state index < -0.39 is 0 Å². The van der Waals surface area contributed by atoms with Crippen LogP contribution in [0.1, 0.15) is 25.0 Å². The van der Waals surface area contributed by atoms with E-state index in [1.165, 1.54) is 13.0 Å². The van der Waals surface area contributed by atoms with Gasteiger partial charge < -0.3 is 14.4 Å². The molecule has 0 radical (unpaired) electrons. The van der Waals surface area contributed by atoms with Gasteiger partial charge >= 0.3 is 0 Å². The molecule has 3 rings (SSSR count). The molecule has 0 N–H and O–H groups in total. The molecule has 0 aromatic carbocycles. The van der Waals surface area contributed by atoms with E-state index in [-0.39, 0.29) is 0 Å². The van der Waals surface area contributed by atoms with Crippen LogP contribution in [0.4, 0.5) is 0 Å². The minimum absolute atomic E-state index is 0.320. The van der Waals surface area contributed by atoms with Gasteiger partial charge in [0.2, 0.25) is 5.88 Å². The van der Waals surface area contributed by atoms with Crippen molar-refractivity contribution in [2.45, 2.75) is 32.3 Å². The molecule has 0 saturated carbocycles. The quantitative estimate of drug-likeness (QED) is 0.845. The fourth-order valence-electron chi connectivity index (χ4n) is 3.06. The number of hydrogen-bond acceptors (Lipinski definition) is 4. The van der Waals surface area contributed by atoms with Crippen molar-refractivity contribution in [2.75, 3.05) is 32.8 Å². The van der Waals surface area contributed by atoms with Gasteiger partial charge in [0, 0.05) is 38.0 Å². The number of nitrogens with zero attached hydrogens (tertiary/aromatic N) is 2. The molecule has 2 fully saturated rings. The van der Waals surface area contributed by atoms with Crippen LogP contribution in [-0.2, 0) is 4.74 Å². The molecule has 0 bridgehead atoms. The summed E-state index contributed by atoms with van der Waals surface area (Å²) < 4.78 is 11.4. The lowest BCUT2D eigenvalue weighted by Crippen LogP contribution is -2.40. The number of aromatic nitrogens is 1. The van der Waals surface area contributed by atoms with Crippen molar-refractivity contribution in [3.8, 4) is 5.88 Å². The molecule has 0 spiro atoms. The second-order valence-corrected chi connectivity index (χ2v) is 5.96. The topological polar surface area (TPSA) is 34.6 Å². The third kappa shape index (κ3) is 3.70. The van der Waals surface area contributed by atoms with E-state index in [1.54, 1.807) is 0 Å². The Morgan fingerprint density at radius 1 is 1.30 bits per heavy atom. The molecule has 0 amide bonds. The number of likely N-dealkylation sites (tertiary alicyclic amines) is 1. The summed E-state index contributed by atoms with van der Waals surface area (Å²) in [5.41, 5.74) is 1.01. The van der Waals surface area contributed by atoms with E-state index in [0.29, 0.717) is 6.10 Å². The first-order chi connectivity index (χ1) is 9.79. The predicted octanol–water partition coefficient (Wildman–Crippen LogP) is 2.27. The summed E-state index contributed by atoms with van der Waals surface area (Å²) in [5, 5.41) is 0. The molecule has 3 heterocycles. The largest absolute Gasteiger partial charge is 0.474 e. The predicted molar refractivity (Wildman–Crippen MR) is 78.0 cm³/mol. The third-order valence-corrected chi connectivity index (χ3v) is 4.23. The van der Waals surface area contributed by atoms with Gasteiger partial charge in [-0.05, 0) is 38.2 Å². The van der Waals surface area contributed by atoms with E-state index in [0.717, 1.165) is 56.6 Å². The fourth-order valence-corrected chi connectivity index (χ4v) is 3.06. The summed E-state index contributed by atoms with van der Waals surface area (Å²) in [6.07, 6.45) is 3.75. The van der Waals surface area contributed by atoms with Crippen LogP contribution in [0.2, 0.25) is 0 Å². The number of ether oxygens (including phenoxy) is 2. The maximum Gasteiger partial charge on any atom is 0.213 e. The van der Waals surface area contributed by atoms with Gasteiger partial charge in [0.05, 0.1) is 6.61 Å². The van der Waals surface area contributed by atoms with Crippen molar-refractivity contribution < 1.29 is 9.47 Å². The van der Waals surface area contributed by atoms with Crippen molar-refractivity contribution in [1.29, 1.82) is 0 Å². The number of pyridine rings is 1. The van der Waals surface area contributed by atoms with Crippen LogP contribution in [0.5, 0.6) is 5.88 Å². The molecule has 0 unspecified atom stereocenters. The molecule has 110 valence electrons. The molecule has 1 aromatic rings. The van der Waals surface area contributed by atoms with Crippen LogP contribution in [0, 0.1) is 12.8 Å². The van der Waals surface area contributed by atoms with Crippen LogP contribution >= 0.6 is 0 Å². The molecule has 2 aliphatic heterocycles. The monoisotopic (exact) mass is 276 g/mol. The average molecular weight is 276 g/mol. The van der Waals surface area contributed by atoms with E-state index >= 15 is 0 Å². The molecule has 1 aromatic heterocycles. The number of rotatable bonds is 4. The molecule has 0 aliphatic carbocycles. The maximum absolute atomic E-state index is 5.99. The summed E-state index contributed by atoms with van der Waals surface area (Å²) in [7, 11) is 0. The highest BCUT2D eigenvalue weighted by molar-refractivity contribution is 5.15. The molecule has 2 aliphatic rings. The van der Waals surface area contributed by atoms with Crippen molar-refractivity contribution in [2.24, 2.45) is 5.92 Å². The minimum Gasteiger partial charge on any atom is -0.474 e. The van der Waals surface area contributed by atoms with E-state index in [9.17, 15) is 0 Å². The van der Waals surface area contributed by atoms with E-state index in [2.05, 4.69) is 9.88 Å². The van der Waals surface area contributed by atoms with Gasteiger partial charge in [0.15, 0.2) is 0 Å². The first kappa shape index (κ1) is 13.8. The van der Waals surface area contributed by atoms with Crippen LogP contribution in [0.3, 0.4) is 0 Å². The van der Waals surface area contributed by atoms with Gasteiger partial charge in [-0.1, -0.05) is 6.07 Å². The summed E-state index contributed by atoms with van der Waals surface area (Å²) >= 11 is 0. The highest BCUT2D eigenvalue weighted by Crippen LogP contribution is 2.20. The number of aryl methyl sites for hydroxylation is 1. The Morgan fingerprint density at radius 3 is 2.85 bits per heavy atom. The Bertz CT molecular complexity index is 424. The zero-order chi connectivity index (χ0) is 13.8. The van der Waals surface area contributed by atoms with Crippen molar-refractivity contribution in [1.82, 2.24) is 9.88 Å². The van der Waals surface area contributed by atoms with Crippen molar-refractivity contribution in [3.05, 3.63) is 23.9 Å². The minimum atomic E-state index is 0.320. The van der Waals surface area contributed by atoms with Gasteiger partial charge in [-0.25, -0.2) is 4.98 Å². The van der Waals surface area contributed by atoms with Crippen LogP contribution < -0.4 is 4.74 Å². The van der Waals surface area contributed by atoms with E-state index in [4.69, 9.17) is 9.47 Å². The molecular formula is C16H24N2O2. The maximum atomic E-state index is 5.99. The van der Waals surface area contributed by atoms with Gasteiger partial charge in [-0.15, -0.1) is 0 Å². The summed E-state index contributed by atoms with van der Waals surface area (Å²) in [6, 6.07) is 5.96. The SMILES string of the molecule is Cc1cccc(OC2CCN(C[C@@H]3CCOC3)CC2)n1. The standard InChI is InChI=1S/C16H24N2O2/c1-13-3-2-4-16(17-13)20-15-5-8-18(9-6-15)11-14-7-10-19-12-14/h2-4,14-15H,5-12H2,1H3/t14-/m0/s1. The lowest BCUT2D eigenvalue weighted by Gasteiger charge is -2.33. The summed E-state index contributed by atoms with van der Waals surface area (Å²) in [5.74, 6) is 1.51. The van der Waals surface area contributed by atoms with Crippen molar-refractivity contribution in [3.63, 3.8) is 0 Å². The third-order valence-electron chi connectivity index (χ3n) is 4.23. The smallest absolute Gasteiger partial charge is 0.213 e. The van der Waals surface area contributed by atoms with Gasteiger partial charge in [-0.3, -0.25) is 0 Å². The van der Waals surface area contributed by atoms with Crippen LogP contribution in [0.15, 0.2) is 18.2 Å². The molecule has 2 saturated heterocycles. The Hall–Kier alpha value is -1.13. The molecule has 4 heteroatoms. The van der Waals surface area contributed by atoms with Crippen LogP contribution in [-0.4, -0.2) is 48.8 Å². The number of piperidine rings is 1. The average Bonchev–Trinajstić information content (AvgIpc) is 2.94. The Morgan fingerprint density at radius 2 is 2.15 bits per heavy atom. The second kappa shape index (κ2) is 6.55. The lowest BCUT2D eigenvalue weighted by molar-refractivity contribution is 0.0850. The van der Waals surface area contributed by atoms with Gasteiger partial charge in [0.1, 0.15) is 6.10 Å². The van der Waals surface area contributed by atoms with Gasteiger partial charge in [-0.2, -0.15) is 0 Å². The normalized spacial score (nSPS) is 24.9. The van der Waals surface area contributed by atoms with Gasteiger partial charge in [0.25, 0.3) is 0 Å². The summed E-state index contributed by atoms with van der Waals surface area (Å²) in [4.78, 5) is 6.98. The fraction of sp³-hybridized carbons (Fsp3) is 0.688. The zero-order valence-electron chi connectivity index (χ0n) is 12.3. The first-order valence-electron chi connectivity index (χ1n) is 7.70. The summed E-state index contributed by atoms with van der Waals surface area (Å²) in [6.45, 7) is 7.35. The van der Waals surface area contributed by atoms with Crippen LogP contribution in [0.25, 0.3) is 0 Å². The Balaban J connectivity index is 1.43. The first-order valence-corrected chi connectivity index (χ1v) is 7.70. The highest BCUT2D eigenvalue weighted by Gasteiger charge is 2.24. The Kier molecular flexibility index (Phi) is 4.53. The highest BCUT2D eigenvalue weighted by atomic mass is 16.5. The number of hydrogen-bond donors (Lipinski definition) is 0. The lowest BCUT2D eigenvalue weighted by atomic mass is 10.0. The molecular weight excluding hydrogens is 252 g/mol. The zero-order valence-corrected chi connectivity index (χ0v) is 12.3.